The molecule has 0 aliphatic carbocycles. The molecule has 156 valence electrons. The number of halogens is 1. The van der Waals surface area contributed by atoms with E-state index in [2.05, 4.69) is 15.6 Å². The molecule has 2 amide bonds. The van der Waals surface area contributed by atoms with Crippen LogP contribution in [0, 0.1) is 17.1 Å². The number of benzene rings is 3. The molecule has 0 atom stereocenters. The van der Waals surface area contributed by atoms with Gasteiger partial charge in [0, 0.05) is 23.2 Å². The van der Waals surface area contributed by atoms with Crippen LogP contribution < -0.4 is 10.6 Å². The number of hydrogen-bond donors (Lipinski definition) is 2. The van der Waals surface area contributed by atoms with E-state index in [0.717, 1.165) is 5.56 Å². The van der Waals surface area contributed by atoms with Gasteiger partial charge < -0.3 is 10.6 Å². The Bertz CT molecular complexity index is 1290. The van der Waals surface area contributed by atoms with Crippen LogP contribution in [-0.2, 0) is 11.3 Å². The second kappa shape index (κ2) is 9.06. The number of fused-ring (bicyclic) bond motifs is 1. The van der Waals surface area contributed by atoms with Gasteiger partial charge in [0.1, 0.15) is 23.3 Å². The third-order valence-electron chi connectivity index (χ3n) is 4.87. The molecule has 32 heavy (non-hydrogen) atoms. The normalized spacial score (nSPS) is 13.4. The summed E-state index contributed by atoms with van der Waals surface area (Å²) >= 11 is 0. The standard InChI is InChI=1S/C25H17FN4O2/c26-18-12-10-17(11-13-18)24(31)30-23-20-9-5-4-8-19(20)22(29-23)21(14-27)25(32)28-15-16-6-2-1-3-7-16/h1-13H,15H2,(H,28,32)(H,29,30,31)/b22-21+. The molecule has 0 aromatic heterocycles. The summed E-state index contributed by atoms with van der Waals surface area (Å²) in [4.78, 5) is 29.7. The highest BCUT2D eigenvalue weighted by Gasteiger charge is 2.27. The Balaban J connectivity index is 1.63. The van der Waals surface area contributed by atoms with Crippen LogP contribution in [0.15, 0.2) is 89.4 Å². The van der Waals surface area contributed by atoms with Crippen LogP contribution in [0.5, 0.6) is 0 Å². The van der Waals surface area contributed by atoms with Crippen molar-refractivity contribution in [3.05, 3.63) is 113 Å². The van der Waals surface area contributed by atoms with Crippen molar-refractivity contribution in [1.82, 2.24) is 10.6 Å². The number of aliphatic imine (C=N–C) groups is 1. The van der Waals surface area contributed by atoms with Crippen LogP contribution in [0.3, 0.4) is 0 Å². The van der Waals surface area contributed by atoms with Crippen LogP contribution in [0.2, 0.25) is 0 Å². The minimum absolute atomic E-state index is 0.153. The number of hydrogen-bond acceptors (Lipinski definition) is 4. The topological polar surface area (TPSA) is 94.3 Å². The predicted octanol–water partition coefficient (Wildman–Crippen LogP) is 3.57. The molecule has 0 radical (unpaired) electrons. The molecule has 3 aromatic carbocycles. The summed E-state index contributed by atoms with van der Waals surface area (Å²) in [6, 6.07) is 23.4. The quantitative estimate of drug-likeness (QED) is 0.495. The number of carbonyl (C=O) groups excluding carboxylic acids is 2. The zero-order chi connectivity index (χ0) is 22.5. The minimum atomic E-state index is -0.559. The van der Waals surface area contributed by atoms with Crippen LogP contribution >= 0.6 is 0 Å². The highest BCUT2D eigenvalue weighted by molar-refractivity contribution is 6.20. The Morgan fingerprint density at radius 2 is 1.56 bits per heavy atom. The predicted molar refractivity (Wildman–Crippen MR) is 118 cm³/mol. The molecule has 7 heteroatoms. The maximum atomic E-state index is 13.1. The van der Waals surface area contributed by atoms with Gasteiger partial charge in [-0.25, -0.2) is 9.38 Å². The fourth-order valence-electron chi connectivity index (χ4n) is 3.27. The van der Waals surface area contributed by atoms with Crippen molar-refractivity contribution in [2.24, 2.45) is 4.99 Å². The lowest BCUT2D eigenvalue weighted by Crippen LogP contribution is -2.30. The molecule has 1 heterocycles. The Kier molecular flexibility index (Phi) is 5.86. The molecule has 0 unspecified atom stereocenters. The van der Waals surface area contributed by atoms with E-state index in [-0.39, 0.29) is 29.2 Å². The molecule has 3 aromatic rings. The van der Waals surface area contributed by atoms with E-state index in [4.69, 9.17) is 0 Å². The van der Waals surface area contributed by atoms with Gasteiger partial charge in [-0.1, -0.05) is 54.6 Å². The van der Waals surface area contributed by atoms with Gasteiger partial charge in [0.05, 0.1) is 5.70 Å². The van der Waals surface area contributed by atoms with Gasteiger partial charge in [0.2, 0.25) is 0 Å². The van der Waals surface area contributed by atoms with E-state index in [1.54, 1.807) is 24.3 Å². The monoisotopic (exact) mass is 424 g/mol. The molecule has 0 spiro atoms. The van der Waals surface area contributed by atoms with Crippen LogP contribution in [0.25, 0.3) is 5.70 Å². The van der Waals surface area contributed by atoms with Crippen LogP contribution in [0.4, 0.5) is 4.39 Å². The molecule has 4 rings (SSSR count). The first-order valence-corrected chi connectivity index (χ1v) is 9.78. The SMILES string of the molecule is N#C/C(C(=O)NCc1ccccc1)=C1\N=C(NC(=O)c2ccc(F)cc2)c2ccccc21. The molecular formula is C25H17FN4O2. The third-order valence-corrected chi connectivity index (χ3v) is 4.87. The summed E-state index contributed by atoms with van der Waals surface area (Å²) in [5, 5.41) is 15.1. The van der Waals surface area contributed by atoms with Crippen LogP contribution in [0.1, 0.15) is 27.0 Å². The summed E-state index contributed by atoms with van der Waals surface area (Å²) in [5.74, 6) is -1.27. The first-order chi connectivity index (χ1) is 15.6. The Hall–Kier alpha value is -4.57. The van der Waals surface area contributed by atoms with E-state index < -0.39 is 17.6 Å². The van der Waals surface area contributed by atoms with E-state index in [1.165, 1.54) is 24.3 Å². The molecular weight excluding hydrogens is 407 g/mol. The van der Waals surface area contributed by atoms with Gasteiger partial charge >= 0.3 is 0 Å². The van der Waals surface area contributed by atoms with Crippen molar-refractivity contribution >= 4 is 23.3 Å². The van der Waals surface area contributed by atoms with E-state index in [0.29, 0.717) is 11.1 Å². The minimum Gasteiger partial charge on any atom is -0.347 e. The van der Waals surface area contributed by atoms with Crippen LogP contribution in [-0.4, -0.2) is 17.6 Å². The van der Waals surface area contributed by atoms with Gasteiger partial charge in [-0.2, -0.15) is 5.26 Å². The van der Waals surface area contributed by atoms with Crippen molar-refractivity contribution in [2.75, 3.05) is 0 Å². The molecule has 6 nitrogen and oxygen atoms in total. The first kappa shape index (κ1) is 20.7. The highest BCUT2D eigenvalue weighted by atomic mass is 19.1. The van der Waals surface area contributed by atoms with Crippen molar-refractivity contribution in [2.45, 2.75) is 6.54 Å². The number of carbonyl (C=O) groups is 2. The van der Waals surface area contributed by atoms with E-state index >= 15 is 0 Å². The van der Waals surface area contributed by atoms with Gasteiger partial charge in [0.25, 0.3) is 11.8 Å². The maximum absolute atomic E-state index is 13.1. The van der Waals surface area contributed by atoms with E-state index in [9.17, 15) is 19.2 Å². The average Bonchev–Trinajstić information content (AvgIpc) is 3.17. The molecule has 1 aliphatic rings. The number of rotatable bonds is 4. The van der Waals surface area contributed by atoms with Gasteiger partial charge in [-0.05, 0) is 29.8 Å². The summed E-state index contributed by atoms with van der Waals surface area (Å²) in [7, 11) is 0. The summed E-state index contributed by atoms with van der Waals surface area (Å²) in [6.45, 7) is 0.262. The highest BCUT2D eigenvalue weighted by Crippen LogP contribution is 2.30. The van der Waals surface area contributed by atoms with Crippen molar-refractivity contribution < 1.29 is 14.0 Å². The zero-order valence-electron chi connectivity index (χ0n) is 16.8. The smallest absolute Gasteiger partial charge is 0.264 e. The Morgan fingerprint density at radius 3 is 2.25 bits per heavy atom. The average molecular weight is 424 g/mol. The van der Waals surface area contributed by atoms with E-state index in [1.807, 2.05) is 36.4 Å². The second-order valence-corrected chi connectivity index (χ2v) is 6.97. The van der Waals surface area contributed by atoms with Gasteiger partial charge in [0.15, 0.2) is 0 Å². The number of nitriles is 1. The number of amides is 2. The molecule has 0 fully saturated rings. The molecule has 2 N–H and O–H groups in total. The van der Waals surface area contributed by atoms with Crippen molar-refractivity contribution in [3.63, 3.8) is 0 Å². The number of amidine groups is 1. The largest absolute Gasteiger partial charge is 0.347 e. The molecule has 1 aliphatic heterocycles. The summed E-state index contributed by atoms with van der Waals surface area (Å²) < 4.78 is 13.1. The zero-order valence-corrected chi connectivity index (χ0v) is 16.8. The Morgan fingerprint density at radius 1 is 0.906 bits per heavy atom. The Labute approximate surface area is 183 Å². The van der Waals surface area contributed by atoms with Gasteiger partial charge in [-0.3, -0.25) is 9.59 Å². The number of nitrogens with one attached hydrogen (secondary N) is 2. The lowest BCUT2D eigenvalue weighted by molar-refractivity contribution is -0.117. The maximum Gasteiger partial charge on any atom is 0.264 e. The molecule has 0 bridgehead atoms. The summed E-state index contributed by atoms with van der Waals surface area (Å²) in [6.07, 6.45) is 0. The lowest BCUT2D eigenvalue weighted by Gasteiger charge is -2.06. The summed E-state index contributed by atoms with van der Waals surface area (Å²) in [5.41, 5.74) is 2.33. The fourth-order valence-corrected chi connectivity index (χ4v) is 3.27. The number of nitrogens with zero attached hydrogens (tertiary/aromatic N) is 2. The molecule has 0 saturated carbocycles. The molecule has 0 saturated heterocycles. The third kappa shape index (κ3) is 4.30. The van der Waals surface area contributed by atoms with Crippen molar-refractivity contribution in [1.29, 1.82) is 5.26 Å². The fraction of sp³-hybridized carbons (Fsp3) is 0.0400. The lowest BCUT2D eigenvalue weighted by atomic mass is 10.0. The van der Waals surface area contributed by atoms with Gasteiger partial charge in [-0.15, -0.1) is 0 Å². The second-order valence-electron chi connectivity index (χ2n) is 6.97. The van der Waals surface area contributed by atoms with Crippen molar-refractivity contribution in [3.8, 4) is 6.07 Å². The first-order valence-electron chi connectivity index (χ1n) is 9.78.